The second-order valence-electron chi connectivity index (χ2n) is 10.9. The Morgan fingerprint density at radius 3 is 2.95 bits per heavy atom. The van der Waals surface area contributed by atoms with E-state index in [1.165, 1.54) is 18.4 Å². The quantitative estimate of drug-likeness (QED) is 0.217. The molecule has 0 aliphatic carbocycles. The highest BCUT2D eigenvalue weighted by molar-refractivity contribution is 7.19. The number of aromatic nitrogens is 3. The van der Waals surface area contributed by atoms with Crippen molar-refractivity contribution in [3.8, 4) is 5.75 Å². The number of halogens is 1. The molecule has 43 heavy (non-hydrogen) atoms. The fourth-order valence-electron chi connectivity index (χ4n) is 5.85. The summed E-state index contributed by atoms with van der Waals surface area (Å²) in [6.07, 6.45) is 12.0. The van der Waals surface area contributed by atoms with E-state index in [1.807, 2.05) is 47.4 Å². The minimum Gasteiger partial charge on any atom is -0.486 e. The van der Waals surface area contributed by atoms with Gasteiger partial charge in [-0.25, -0.2) is 9.97 Å². The van der Waals surface area contributed by atoms with Crippen LogP contribution in [0.4, 0.5) is 11.5 Å². The van der Waals surface area contributed by atoms with Crippen molar-refractivity contribution in [2.75, 3.05) is 31.6 Å². The van der Waals surface area contributed by atoms with Crippen LogP contribution >= 0.6 is 22.9 Å². The van der Waals surface area contributed by atoms with Gasteiger partial charge < -0.3 is 20.1 Å². The first-order valence-electron chi connectivity index (χ1n) is 14.7. The third-order valence-corrected chi connectivity index (χ3v) is 9.48. The Kier molecular flexibility index (Phi) is 9.48. The summed E-state index contributed by atoms with van der Waals surface area (Å²) in [5.74, 6) is 1.33. The lowest BCUT2D eigenvalue weighted by Crippen LogP contribution is -2.40. The standard InChI is InChI=1S/C32H35ClN6O3S/c33-26-18-22(9-10-27(26)42-20-23-6-1-3-13-34-23)37-31-30-25-11-16-39(19-28(25)43-32(30)36-21-35-31)29(41)8-5-15-38-14-4-2-7-24(38)12-17-40/h1,3,5-6,8-10,13,18,21,24,40H,2,4,7,11-12,14-17,19-20H2,(H,35,36,37)/b8-5+. The number of ether oxygens (including phenoxy) is 1. The van der Waals surface area contributed by atoms with Crippen molar-refractivity contribution in [3.63, 3.8) is 0 Å². The summed E-state index contributed by atoms with van der Waals surface area (Å²) in [6, 6.07) is 11.7. The van der Waals surface area contributed by atoms with E-state index in [0.717, 1.165) is 64.6 Å². The molecule has 1 fully saturated rings. The molecule has 2 aliphatic rings. The van der Waals surface area contributed by atoms with Crippen LogP contribution in [-0.2, 0) is 24.4 Å². The Balaban J connectivity index is 1.11. The fourth-order valence-corrected chi connectivity index (χ4v) is 7.29. The van der Waals surface area contributed by atoms with Crippen molar-refractivity contribution in [3.05, 3.63) is 82.2 Å². The number of anilines is 2. The van der Waals surface area contributed by atoms with Gasteiger partial charge in [0.1, 0.15) is 29.3 Å². The number of likely N-dealkylation sites (tertiary alicyclic amines) is 1. The van der Waals surface area contributed by atoms with E-state index in [1.54, 1.807) is 29.9 Å². The lowest BCUT2D eigenvalue weighted by atomic mass is 10.00. The van der Waals surface area contributed by atoms with E-state index in [9.17, 15) is 9.90 Å². The van der Waals surface area contributed by atoms with Crippen molar-refractivity contribution in [2.45, 2.75) is 51.3 Å². The highest BCUT2D eigenvalue weighted by Crippen LogP contribution is 2.39. The van der Waals surface area contributed by atoms with E-state index in [-0.39, 0.29) is 12.5 Å². The van der Waals surface area contributed by atoms with Gasteiger partial charge in [-0.2, -0.15) is 0 Å². The molecule has 0 radical (unpaired) electrons. The van der Waals surface area contributed by atoms with Gasteiger partial charge in [0.05, 0.1) is 22.6 Å². The summed E-state index contributed by atoms with van der Waals surface area (Å²) in [4.78, 5) is 32.8. The number of aliphatic hydroxyl groups excluding tert-OH is 1. The minimum absolute atomic E-state index is 0.0308. The summed E-state index contributed by atoms with van der Waals surface area (Å²) >= 11 is 8.16. The van der Waals surface area contributed by atoms with Crippen molar-refractivity contribution < 1.29 is 14.6 Å². The zero-order valence-corrected chi connectivity index (χ0v) is 25.5. The summed E-state index contributed by atoms with van der Waals surface area (Å²) in [5.41, 5.74) is 2.81. The molecule has 5 heterocycles. The second-order valence-corrected chi connectivity index (χ2v) is 12.3. The summed E-state index contributed by atoms with van der Waals surface area (Å²) in [7, 11) is 0. The molecule has 0 bridgehead atoms. The van der Waals surface area contributed by atoms with Gasteiger partial charge in [-0.1, -0.05) is 30.2 Å². The lowest BCUT2D eigenvalue weighted by Gasteiger charge is -2.34. The molecule has 9 nitrogen and oxygen atoms in total. The van der Waals surface area contributed by atoms with Crippen LogP contribution < -0.4 is 10.1 Å². The first-order valence-corrected chi connectivity index (χ1v) is 15.9. The van der Waals surface area contributed by atoms with E-state index in [4.69, 9.17) is 16.3 Å². The number of aliphatic hydroxyl groups is 1. The number of pyridine rings is 1. The van der Waals surface area contributed by atoms with Crippen LogP contribution in [0.3, 0.4) is 0 Å². The molecule has 1 saturated heterocycles. The number of fused-ring (bicyclic) bond motifs is 3. The number of thiophene rings is 1. The first-order chi connectivity index (χ1) is 21.1. The summed E-state index contributed by atoms with van der Waals surface area (Å²) < 4.78 is 5.86. The zero-order chi connectivity index (χ0) is 29.6. The maximum atomic E-state index is 13.1. The van der Waals surface area contributed by atoms with E-state index < -0.39 is 0 Å². The largest absolute Gasteiger partial charge is 0.486 e. The predicted molar refractivity (Wildman–Crippen MR) is 170 cm³/mol. The van der Waals surface area contributed by atoms with E-state index in [0.29, 0.717) is 36.5 Å². The Morgan fingerprint density at radius 2 is 2.12 bits per heavy atom. The van der Waals surface area contributed by atoms with Gasteiger partial charge in [0.2, 0.25) is 5.91 Å². The fraction of sp³-hybridized carbons (Fsp3) is 0.375. The van der Waals surface area contributed by atoms with Crippen LogP contribution in [0.15, 0.2) is 61.1 Å². The Labute approximate surface area is 260 Å². The zero-order valence-electron chi connectivity index (χ0n) is 23.9. The van der Waals surface area contributed by atoms with Crippen LogP contribution in [0.2, 0.25) is 5.02 Å². The third kappa shape index (κ3) is 6.99. The van der Waals surface area contributed by atoms with Crippen molar-refractivity contribution in [2.24, 2.45) is 0 Å². The highest BCUT2D eigenvalue weighted by atomic mass is 35.5. The van der Waals surface area contributed by atoms with Gasteiger partial charge in [-0.05, 0) is 68.1 Å². The molecule has 2 aliphatic heterocycles. The van der Waals surface area contributed by atoms with Gasteiger partial charge in [0.25, 0.3) is 0 Å². The molecule has 1 unspecified atom stereocenters. The number of nitrogens with one attached hydrogen (secondary N) is 1. The highest BCUT2D eigenvalue weighted by Gasteiger charge is 2.26. The van der Waals surface area contributed by atoms with Crippen LogP contribution in [0.1, 0.15) is 41.8 Å². The molecule has 0 saturated carbocycles. The maximum Gasteiger partial charge on any atom is 0.246 e. The normalized spacial score (nSPS) is 17.3. The Hall–Kier alpha value is -3.57. The first kappa shape index (κ1) is 29.5. The molecule has 2 N–H and O–H groups in total. The van der Waals surface area contributed by atoms with Gasteiger partial charge in [0.15, 0.2) is 0 Å². The predicted octanol–water partition coefficient (Wildman–Crippen LogP) is 5.74. The molecule has 3 aromatic heterocycles. The van der Waals surface area contributed by atoms with Crippen LogP contribution in [0.25, 0.3) is 10.2 Å². The molecule has 224 valence electrons. The van der Waals surface area contributed by atoms with Gasteiger partial charge in [-0.15, -0.1) is 11.3 Å². The SMILES string of the molecule is O=C(/C=C/CN1CCCCC1CCO)N1CCc2c(sc3ncnc(Nc4ccc(OCc5ccccn5)c(Cl)c4)c23)C1. The molecule has 11 heteroatoms. The molecule has 0 spiro atoms. The van der Waals surface area contributed by atoms with Crippen molar-refractivity contribution in [1.82, 2.24) is 24.8 Å². The number of hydrogen-bond acceptors (Lipinski definition) is 9. The van der Waals surface area contributed by atoms with E-state index in [2.05, 4.69) is 25.2 Å². The molecule has 1 aromatic carbocycles. The summed E-state index contributed by atoms with van der Waals surface area (Å²) in [6.45, 7) is 3.50. The molecular weight excluding hydrogens is 584 g/mol. The number of nitrogens with zero attached hydrogens (tertiary/aromatic N) is 5. The topological polar surface area (TPSA) is 104 Å². The number of carbonyl (C=O) groups is 1. The minimum atomic E-state index is 0.0308. The summed E-state index contributed by atoms with van der Waals surface area (Å²) in [5, 5.41) is 14.3. The Bertz CT molecular complexity index is 1600. The monoisotopic (exact) mass is 618 g/mol. The number of amides is 1. The number of rotatable bonds is 10. The number of piperidine rings is 1. The van der Waals surface area contributed by atoms with Gasteiger partial charge in [-0.3, -0.25) is 14.7 Å². The maximum absolute atomic E-state index is 13.1. The average molecular weight is 619 g/mol. The molecular formula is C32H35ClN6O3S. The molecule has 1 amide bonds. The van der Waals surface area contributed by atoms with Crippen molar-refractivity contribution in [1.29, 1.82) is 0 Å². The number of carbonyl (C=O) groups excluding carboxylic acids is 1. The van der Waals surface area contributed by atoms with Crippen molar-refractivity contribution >= 4 is 50.6 Å². The van der Waals surface area contributed by atoms with E-state index >= 15 is 0 Å². The number of hydrogen-bond donors (Lipinski definition) is 2. The third-order valence-electron chi connectivity index (χ3n) is 8.06. The van der Waals surface area contributed by atoms with Gasteiger partial charge >= 0.3 is 0 Å². The second kappa shape index (κ2) is 13.8. The average Bonchev–Trinajstić information content (AvgIpc) is 3.41. The lowest BCUT2D eigenvalue weighted by molar-refractivity contribution is -0.126. The van der Waals surface area contributed by atoms with Crippen LogP contribution in [0, 0.1) is 0 Å². The van der Waals surface area contributed by atoms with Crippen LogP contribution in [-0.4, -0.2) is 68.0 Å². The van der Waals surface area contributed by atoms with Crippen LogP contribution in [0.5, 0.6) is 5.75 Å². The molecule has 1 atom stereocenters. The smallest absolute Gasteiger partial charge is 0.246 e. The van der Waals surface area contributed by atoms with Gasteiger partial charge in [0, 0.05) is 48.6 Å². The Morgan fingerprint density at radius 1 is 1.19 bits per heavy atom. The molecule has 4 aromatic rings. The number of benzene rings is 1. The molecule has 6 rings (SSSR count).